The van der Waals surface area contributed by atoms with E-state index in [0.717, 1.165) is 57.6 Å². The largest absolute Gasteiger partial charge is 1.00 e. The van der Waals surface area contributed by atoms with Gasteiger partial charge in [0, 0.05) is 28.3 Å². The third-order valence-electron chi connectivity index (χ3n) is 6.51. The highest BCUT2D eigenvalue weighted by Crippen LogP contribution is 2.44. The second-order valence-corrected chi connectivity index (χ2v) is 9.25. The Kier molecular flexibility index (Phi) is 6.16. The van der Waals surface area contributed by atoms with E-state index in [0.29, 0.717) is 0 Å². The van der Waals surface area contributed by atoms with E-state index in [4.69, 9.17) is 18.9 Å². The second kappa shape index (κ2) is 9.12. The van der Waals surface area contributed by atoms with Gasteiger partial charge in [0.15, 0.2) is 35.7 Å². The molecule has 2 aliphatic heterocycles. The summed E-state index contributed by atoms with van der Waals surface area (Å²) >= 11 is 3.63. The number of methoxy groups -OCH3 is 2. The van der Waals surface area contributed by atoms with Crippen LogP contribution in [0.15, 0.2) is 59.2 Å². The van der Waals surface area contributed by atoms with Gasteiger partial charge in [0.25, 0.3) is 0 Å². The maximum absolute atomic E-state index is 5.81. The molecule has 0 saturated carbocycles. The maximum atomic E-state index is 5.81. The predicted molar refractivity (Wildman–Crippen MR) is 129 cm³/mol. The van der Waals surface area contributed by atoms with Crippen molar-refractivity contribution in [2.45, 2.75) is 19.4 Å². The monoisotopic (exact) mass is 583 g/mol. The van der Waals surface area contributed by atoms with Crippen LogP contribution in [0.1, 0.15) is 16.7 Å². The van der Waals surface area contributed by atoms with Crippen LogP contribution in [-0.2, 0) is 19.4 Å². The Balaban J connectivity index is 0.00000241. The molecular weight excluding hydrogens is 562 g/mol. The van der Waals surface area contributed by atoms with Crippen molar-refractivity contribution < 1.29 is 40.5 Å². The zero-order valence-corrected chi connectivity index (χ0v) is 22.0. The molecule has 7 heteroatoms. The lowest BCUT2D eigenvalue weighted by Gasteiger charge is -2.21. The minimum absolute atomic E-state index is 0. The standard InChI is InChI=1S/C27H23BrNO4.BrH/c1-30-23-7-6-19-21(11-16-4-3-5-18(28)10-16)26-20-13-25-24(32-15-33-25)12-17(20)8-9-29(26)14-22(19)27(23)31-2;/h3-7,10,12-14H,8-9,11,15H2,1-2H3;1H/q+1;/p-1. The minimum atomic E-state index is 0. The number of halogens is 2. The van der Waals surface area contributed by atoms with Crippen molar-refractivity contribution >= 4 is 26.7 Å². The molecule has 3 aromatic carbocycles. The Morgan fingerprint density at radius 3 is 2.56 bits per heavy atom. The molecule has 1 aromatic heterocycles. The van der Waals surface area contributed by atoms with Crippen LogP contribution in [0.5, 0.6) is 23.0 Å². The average molecular weight is 585 g/mol. The van der Waals surface area contributed by atoms with Crippen LogP contribution in [-0.4, -0.2) is 21.0 Å². The Morgan fingerprint density at radius 1 is 0.971 bits per heavy atom. The number of hydrogen-bond donors (Lipinski definition) is 0. The molecule has 6 rings (SSSR count). The van der Waals surface area contributed by atoms with Crippen molar-refractivity contribution in [3.05, 3.63) is 75.9 Å². The van der Waals surface area contributed by atoms with Crippen molar-refractivity contribution in [3.8, 4) is 34.3 Å². The Labute approximate surface area is 217 Å². The first kappa shape index (κ1) is 23.0. The number of fused-ring (bicyclic) bond motifs is 5. The lowest BCUT2D eigenvalue weighted by molar-refractivity contribution is -0.686. The summed E-state index contributed by atoms with van der Waals surface area (Å²) in [6, 6.07) is 16.9. The van der Waals surface area contributed by atoms with E-state index in [9.17, 15) is 0 Å². The summed E-state index contributed by atoms with van der Waals surface area (Å²) in [5.74, 6) is 3.14. The first-order valence-corrected chi connectivity index (χ1v) is 11.7. The number of nitrogens with zero attached hydrogens (tertiary/aromatic N) is 1. The highest BCUT2D eigenvalue weighted by molar-refractivity contribution is 9.10. The number of aryl methyl sites for hydroxylation is 2. The number of rotatable bonds is 4. The third kappa shape index (κ3) is 3.71. The molecular formula is C27H23Br2NO4. The molecule has 0 spiro atoms. The van der Waals surface area contributed by atoms with Gasteiger partial charge in [-0.2, -0.15) is 4.57 Å². The fraction of sp³-hybridized carbons (Fsp3) is 0.222. The zero-order valence-electron chi connectivity index (χ0n) is 18.9. The summed E-state index contributed by atoms with van der Waals surface area (Å²) in [5, 5.41) is 2.21. The smallest absolute Gasteiger partial charge is 0.231 e. The van der Waals surface area contributed by atoms with Gasteiger partial charge >= 0.3 is 0 Å². The van der Waals surface area contributed by atoms with Gasteiger partial charge in [-0.25, -0.2) is 0 Å². The Hall–Kier alpha value is -2.77. The maximum Gasteiger partial charge on any atom is 0.231 e. The van der Waals surface area contributed by atoms with Gasteiger partial charge < -0.3 is 35.9 Å². The van der Waals surface area contributed by atoms with Gasteiger partial charge in [-0.15, -0.1) is 0 Å². The van der Waals surface area contributed by atoms with E-state index in [1.54, 1.807) is 14.2 Å². The van der Waals surface area contributed by atoms with Crippen LogP contribution in [0.2, 0.25) is 0 Å². The summed E-state index contributed by atoms with van der Waals surface area (Å²) in [6.07, 6.45) is 3.91. The Bertz CT molecular complexity index is 1420. The molecule has 4 aromatic rings. The fourth-order valence-corrected chi connectivity index (χ4v) is 5.49. The summed E-state index contributed by atoms with van der Waals surface area (Å²) < 4.78 is 26.2. The lowest BCUT2D eigenvalue weighted by atomic mass is 9.88. The molecule has 0 atom stereocenters. The van der Waals surface area contributed by atoms with Crippen LogP contribution in [0, 0.1) is 0 Å². The first-order chi connectivity index (χ1) is 16.2. The fourth-order valence-electron chi connectivity index (χ4n) is 5.04. The van der Waals surface area contributed by atoms with Gasteiger partial charge in [-0.1, -0.05) is 28.1 Å². The van der Waals surface area contributed by atoms with Gasteiger partial charge in [-0.3, -0.25) is 0 Å². The second-order valence-electron chi connectivity index (χ2n) is 8.33. The predicted octanol–water partition coefficient (Wildman–Crippen LogP) is 2.45. The number of pyridine rings is 1. The van der Waals surface area contributed by atoms with E-state index >= 15 is 0 Å². The number of ether oxygens (including phenoxy) is 4. The van der Waals surface area contributed by atoms with Crippen molar-refractivity contribution in [1.29, 1.82) is 0 Å². The van der Waals surface area contributed by atoms with Crippen molar-refractivity contribution in [3.63, 3.8) is 0 Å². The van der Waals surface area contributed by atoms with E-state index < -0.39 is 0 Å². The molecule has 0 bridgehead atoms. The molecule has 0 amide bonds. The molecule has 0 N–H and O–H groups in total. The highest BCUT2D eigenvalue weighted by Gasteiger charge is 2.32. The topological polar surface area (TPSA) is 40.8 Å². The Morgan fingerprint density at radius 2 is 1.79 bits per heavy atom. The van der Waals surface area contributed by atoms with E-state index in [1.807, 2.05) is 6.07 Å². The normalized spacial score (nSPS) is 13.1. The molecule has 0 aliphatic carbocycles. The van der Waals surface area contributed by atoms with Gasteiger partial charge in [0.05, 0.1) is 25.2 Å². The summed E-state index contributed by atoms with van der Waals surface area (Å²) in [7, 11) is 3.38. The van der Waals surface area contributed by atoms with Crippen LogP contribution in [0.25, 0.3) is 22.0 Å². The third-order valence-corrected chi connectivity index (χ3v) is 7.01. The summed E-state index contributed by atoms with van der Waals surface area (Å²) in [6.45, 7) is 1.15. The van der Waals surface area contributed by atoms with Crippen molar-refractivity contribution in [1.82, 2.24) is 0 Å². The number of benzene rings is 3. The van der Waals surface area contributed by atoms with Crippen molar-refractivity contribution in [2.75, 3.05) is 21.0 Å². The average Bonchev–Trinajstić information content (AvgIpc) is 3.29. The molecule has 5 nitrogen and oxygen atoms in total. The zero-order chi connectivity index (χ0) is 22.5. The molecule has 0 saturated heterocycles. The van der Waals surface area contributed by atoms with Crippen LogP contribution in [0.3, 0.4) is 0 Å². The van der Waals surface area contributed by atoms with Gasteiger partial charge in [0.2, 0.25) is 12.5 Å². The van der Waals surface area contributed by atoms with E-state index in [1.165, 1.54) is 27.9 Å². The van der Waals surface area contributed by atoms with Gasteiger partial charge in [-0.05, 0) is 47.5 Å². The van der Waals surface area contributed by atoms with Crippen LogP contribution < -0.4 is 40.5 Å². The first-order valence-electron chi connectivity index (χ1n) is 10.9. The molecule has 34 heavy (non-hydrogen) atoms. The highest BCUT2D eigenvalue weighted by atomic mass is 79.9. The van der Waals surface area contributed by atoms with Crippen LogP contribution in [0.4, 0.5) is 0 Å². The van der Waals surface area contributed by atoms with E-state index in [2.05, 4.69) is 69.2 Å². The molecule has 0 radical (unpaired) electrons. The molecule has 174 valence electrons. The lowest BCUT2D eigenvalue weighted by Crippen LogP contribution is -3.00. The number of hydrogen-bond acceptors (Lipinski definition) is 4. The molecule has 2 aliphatic rings. The molecule has 3 heterocycles. The summed E-state index contributed by atoms with van der Waals surface area (Å²) in [4.78, 5) is 0. The van der Waals surface area contributed by atoms with E-state index in [-0.39, 0.29) is 23.8 Å². The van der Waals surface area contributed by atoms with Crippen LogP contribution >= 0.6 is 15.9 Å². The van der Waals surface area contributed by atoms with Crippen molar-refractivity contribution in [2.24, 2.45) is 0 Å². The minimum Gasteiger partial charge on any atom is -1.00 e. The molecule has 0 fully saturated rings. The van der Waals surface area contributed by atoms with Gasteiger partial charge in [0.1, 0.15) is 0 Å². The molecule has 0 unspecified atom stereocenters. The quantitative estimate of drug-likeness (QED) is 0.346. The summed E-state index contributed by atoms with van der Waals surface area (Å²) in [5.41, 5.74) is 6.20. The SMILES string of the molecule is COc1ccc2c(Cc3cccc(Br)c3)c3[n+](cc2c1OC)CCc1cc2c(cc1-3)OCO2.[Br-]. The number of aromatic nitrogens is 1.